The lowest BCUT2D eigenvalue weighted by Gasteiger charge is -2.35. The summed E-state index contributed by atoms with van der Waals surface area (Å²) in [4.78, 5) is 26.9. The molecule has 2 amide bonds. The summed E-state index contributed by atoms with van der Waals surface area (Å²) in [5, 5.41) is 2.50. The van der Waals surface area contributed by atoms with Crippen LogP contribution in [0.25, 0.3) is 0 Å². The molecule has 8 nitrogen and oxygen atoms in total. The Morgan fingerprint density at radius 3 is 2.43 bits per heavy atom. The van der Waals surface area contributed by atoms with Gasteiger partial charge in [-0.05, 0) is 19.1 Å². The van der Waals surface area contributed by atoms with Gasteiger partial charge in [-0.25, -0.2) is 14.8 Å². The number of carbonyl (C=O) groups excluding carboxylic acids is 1. The number of amides is 2. The maximum Gasteiger partial charge on any atom is 0.573 e. The van der Waals surface area contributed by atoms with E-state index in [1.807, 2.05) is 36.9 Å². The van der Waals surface area contributed by atoms with Crippen molar-refractivity contribution in [1.82, 2.24) is 14.9 Å². The quantitative estimate of drug-likeness (QED) is 0.813. The first-order chi connectivity index (χ1) is 14.1. The lowest BCUT2D eigenvalue weighted by molar-refractivity contribution is -0.274. The molecule has 1 fully saturated rings. The SMILES string of the molecule is Cc1nc(N(C)C)cc(N2CCN(C(=O)Nc3ccccc3OC(F)(F)F)CC2)n1. The van der Waals surface area contributed by atoms with Crippen LogP contribution in [0.2, 0.25) is 0 Å². The van der Waals surface area contributed by atoms with E-state index in [9.17, 15) is 18.0 Å². The normalized spacial score (nSPS) is 14.5. The van der Waals surface area contributed by atoms with Gasteiger partial charge >= 0.3 is 12.4 Å². The minimum absolute atomic E-state index is 0.0377. The molecule has 1 aromatic heterocycles. The summed E-state index contributed by atoms with van der Waals surface area (Å²) in [5.74, 6) is 1.76. The van der Waals surface area contributed by atoms with Gasteiger partial charge in [-0.2, -0.15) is 0 Å². The highest BCUT2D eigenvalue weighted by Crippen LogP contribution is 2.30. The molecule has 1 aliphatic heterocycles. The molecule has 0 bridgehead atoms. The molecule has 30 heavy (non-hydrogen) atoms. The van der Waals surface area contributed by atoms with Crippen molar-refractivity contribution in [2.75, 3.05) is 55.4 Å². The zero-order valence-corrected chi connectivity index (χ0v) is 16.9. The van der Waals surface area contributed by atoms with Gasteiger partial charge in [0.05, 0.1) is 5.69 Å². The van der Waals surface area contributed by atoms with Crippen molar-refractivity contribution in [2.45, 2.75) is 13.3 Å². The van der Waals surface area contributed by atoms with Gasteiger partial charge in [-0.15, -0.1) is 13.2 Å². The highest BCUT2D eigenvalue weighted by Gasteiger charge is 2.32. The van der Waals surface area contributed by atoms with Gasteiger partial charge in [0.2, 0.25) is 0 Å². The molecule has 2 aromatic rings. The number of benzene rings is 1. The van der Waals surface area contributed by atoms with E-state index < -0.39 is 18.1 Å². The summed E-state index contributed by atoms with van der Waals surface area (Å²) < 4.78 is 41.7. The smallest absolute Gasteiger partial charge is 0.404 e. The summed E-state index contributed by atoms with van der Waals surface area (Å²) in [6.45, 7) is 3.69. The average molecular weight is 424 g/mol. The summed E-state index contributed by atoms with van der Waals surface area (Å²) >= 11 is 0. The molecule has 1 N–H and O–H groups in total. The molecule has 0 unspecified atom stereocenters. The Bertz CT molecular complexity index is 898. The predicted molar refractivity (Wildman–Crippen MR) is 107 cm³/mol. The first kappa shape index (κ1) is 21.5. The van der Waals surface area contributed by atoms with E-state index in [2.05, 4.69) is 20.0 Å². The zero-order chi connectivity index (χ0) is 21.9. The lowest BCUT2D eigenvalue weighted by Crippen LogP contribution is -2.50. The van der Waals surface area contributed by atoms with Crippen molar-refractivity contribution in [3.8, 4) is 5.75 Å². The summed E-state index contributed by atoms with van der Waals surface area (Å²) in [6.07, 6.45) is -4.84. The largest absolute Gasteiger partial charge is 0.573 e. The van der Waals surface area contributed by atoms with Crippen molar-refractivity contribution >= 4 is 23.4 Å². The van der Waals surface area contributed by atoms with E-state index in [1.54, 1.807) is 4.90 Å². The second kappa shape index (κ2) is 8.64. The number of rotatable bonds is 4. The van der Waals surface area contributed by atoms with Crippen LogP contribution in [-0.4, -0.2) is 67.5 Å². The fraction of sp³-hybridized carbons (Fsp3) is 0.421. The molecule has 2 heterocycles. The van der Waals surface area contributed by atoms with Gasteiger partial charge in [0, 0.05) is 46.3 Å². The molecule has 0 saturated carbocycles. The van der Waals surface area contributed by atoms with E-state index >= 15 is 0 Å². The number of urea groups is 1. The fourth-order valence-corrected chi connectivity index (χ4v) is 3.04. The van der Waals surface area contributed by atoms with Gasteiger partial charge in [-0.1, -0.05) is 12.1 Å². The molecule has 1 aliphatic rings. The number of para-hydroxylation sites is 2. The first-order valence-electron chi connectivity index (χ1n) is 9.31. The maximum absolute atomic E-state index is 12.6. The van der Waals surface area contributed by atoms with Crippen LogP contribution in [0.4, 0.5) is 35.3 Å². The lowest BCUT2D eigenvalue weighted by atomic mass is 10.3. The molecule has 11 heteroatoms. The van der Waals surface area contributed by atoms with Crippen molar-refractivity contribution < 1.29 is 22.7 Å². The van der Waals surface area contributed by atoms with E-state index in [4.69, 9.17) is 0 Å². The second-order valence-electron chi connectivity index (χ2n) is 6.97. The summed E-state index contributed by atoms with van der Waals surface area (Å²) in [5.41, 5.74) is -0.0377. The van der Waals surface area contributed by atoms with Crippen molar-refractivity contribution in [3.05, 3.63) is 36.2 Å². The van der Waals surface area contributed by atoms with E-state index in [-0.39, 0.29) is 5.69 Å². The minimum Gasteiger partial charge on any atom is -0.404 e. The van der Waals surface area contributed by atoms with Crippen LogP contribution in [0.15, 0.2) is 30.3 Å². The van der Waals surface area contributed by atoms with Gasteiger partial charge in [0.25, 0.3) is 0 Å². The number of nitrogens with zero attached hydrogens (tertiary/aromatic N) is 5. The topological polar surface area (TPSA) is 73.8 Å². The molecular weight excluding hydrogens is 401 g/mol. The summed E-state index contributed by atoms with van der Waals surface area (Å²) in [6, 6.07) is 6.84. The van der Waals surface area contributed by atoms with Crippen LogP contribution in [0, 0.1) is 6.92 Å². The third-order valence-electron chi connectivity index (χ3n) is 4.51. The first-order valence-corrected chi connectivity index (χ1v) is 9.31. The molecule has 162 valence electrons. The van der Waals surface area contributed by atoms with Crippen LogP contribution < -0.4 is 19.9 Å². The number of halogens is 3. The predicted octanol–water partition coefficient (Wildman–Crippen LogP) is 3.10. The molecule has 0 aliphatic carbocycles. The third-order valence-corrected chi connectivity index (χ3v) is 4.51. The van der Waals surface area contributed by atoms with Gasteiger partial charge in [0.1, 0.15) is 17.5 Å². The number of anilines is 3. The fourth-order valence-electron chi connectivity index (χ4n) is 3.04. The maximum atomic E-state index is 12.6. The molecule has 3 rings (SSSR count). The summed E-state index contributed by atoms with van der Waals surface area (Å²) in [7, 11) is 3.79. The van der Waals surface area contributed by atoms with Crippen LogP contribution in [0.5, 0.6) is 5.75 Å². The number of piperazine rings is 1. The standard InChI is InChI=1S/C19H23F3N6O2/c1-13-23-16(26(2)3)12-17(24-13)27-8-10-28(11-9-27)18(29)25-14-6-4-5-7-15(14)30-19(20,21)22/h4-7,12H,8-11H2,1-3H3,(H,25,29). The number of aromatic nitrogens is 2. The zero-order valence-electron chi connectivity index (χ0n) is 16.9. The van der Waals surface area contributed by atoms with Crippen molar-refractivity contribution in [1.29, 1.82) is 0 Å². The van der Waals surface area contributed by atoms with Crippen LogP contribution in [0.3, 0.4) is 0 Å². The van der Waals surface area contributed by atoms with Gasteiger partial charge in [-0.3, -0.25) is 0 Å². The van der Waals surface area contributed by atoms with E-state index in [1.165, 1.54) is 18.2 Å². The molecule has 1 saturated heterocycles. The molecule has 0 atom stereocenters. The Morgan fingerprint density at radius 1 is 1.13 bits per heavy atom. The molecule has 0 spiro atoms. The highest BCUT2D eigenvalue weighted by molar-refractivity contribution is 5.91. The Balaban J connectivity index is 1.63. The van der Waals surface area contributed by atoms with Crippen LogP contribution in [0.1, 0.15) is 5.82 Å². The molecule has 0 radical (unpaired) electrons. The number of carbonyl (C=O) groups is 1. The van der Waals surface area contributed by atoms with Gasteiger partial charge in [0.15, 0.2) is 5.75 Å². The number of aryl methyl sites for hydroxylation is 1. The molecule has 1 aromatic carbocycles. The van der Waals surface area contributed by atoms with Crippen LogP contribution in [-0.2, 0) is 0 Å². The van der Waals surface area contributed by atoms with E-state index in [0.717, 1.165) is 17.7 Å². The Kier molecular flexibility index (Phi) is 6.18. The third kappa shape index (κ3) is 5.43. The number of nitrogens with one attached hydrogen (secondary N) is 1. The number of hydrogen-bond acceptors (Lipinski definition) is 6. The molecular formula is C19H23F3N6O2. The van der Waals surface area contributed by atoms with Crippen LogP contribution >= 0.6 is 0 Å². The Hall–Kier alpha value is -3.24. The number of hydrogen-bond donors (Lipinski definition) is 1. The Morgan fingerprint density at radius 2 is 1.80 bits per heavy atom. The Labute approximate surface area is 172 Å². The van der Waals surface area contributed by atoms with E-state index in [0.29, 0.717) is 32.0 Å². The average Bonchev–Trinajstić information content (AvgIpc) is 2.68. The second-order valence-corrected chi connectivity index (χ2v) is 6.97. The number of ether oxygens (including phenoxy) is 1. The monoisotopic (exact) mass is 424 g/mol. The highest BCUT2D eigenvalue weighted by atomic mass is 19.4. The van der Waals surface area contributed by atoms with Gasteiger partial charge < -0.3 is 24.8 Å². The van der Waals surface area contributed by atoms with Crippen molar-refractivity contribution in [2.24, 2.45) is 0 Å². The van der Waals surface area contributed by atoms with Crippen molar-refractivity contribution in [3.63, 3.8) is 0 Å². The minimum atomic E-state index is -4.84. The number of alkyl halides is 3.